The van der Waals surface area contributed by atoms with Crippen LogP contribution in [0.4, 0.5) is 0 Å². The second kappa shape index (κ2) is 4.78. The van der Waals surface area contributed by atoms with Crippen molar-refractivity contribution in [2.45, 2.75) is 50.7 Å². The minimum atomic E-state index is -0.889. The third-order valence-electron chi connectivity index (χ3n) is 5.52. The van der Waals surface area contributed by atoms with Crippen LogP contribution in [0.25, 0.3) is 0 Å². The fourth-order valence-corrected chi connectivity index (χ4v) is 4.30. The fraction of sp³-hybridized carbons (Fsp3) is 0.588. The summed E-state index contributed by atoms with van der Waals surface area (Å²) in [5.74, 6) is -0.125. The quantitative estimate of drug-likeness (QED) is 0.821. The number of carbonyl (C=O) groups is 1. The average Bonchev–Trinajstić information content (AvgIpc) is 2.64. The number of amides is 1. The van der Waals surface area contributed by atoms with Crippen LogP contribution < -0.4 is 0 Å². The summed E-state index contributed by atoms with van der Waals surface area (Å²) in [6.07, 6.45) is -2.35. The lowest BCUT2D eigenvalue weighted by Crippen LogP contribution is -2.70. The van der Waals surface area contributed by atoms with E-state index in [0.717, 1.165) is 5.56 Å². The van der Waals surface area contributed by atoms with Crippen LogP contribution in [0, 0.1) is 5.41 Å². The molecule has 2 heterocycles. The highest BCUT2D eigenvalue weighted by atomic mass is 16.5. The molecule has 22 heavy (non-hydrogen) atoms. The standard InChI is InChI=1S/C17H23NO4/c1-16(2)15(21)17(3,12-11(22-4)14(20)18(12)16)13(19)10-8-6-5-7-9-10/h5-9,11-13,15,19,21H,1-4H3. The number of rotatable bonds is 3. The predicted molar refractivity (Wildman–Crippen MR) is 81.0 cm³/mol. The van der Waals surface area contributed by atoms with Crippen molar-refractivity contribution in [1.82, 2.24) is 4.90 Å². The zero-order valence-corrected chi connectivity index (χ0v) is 13.4. The lowest BCUT2D eigenvalue weighted by Gasteiger charge is -2.51. The van der Waals surface area contributed by atoms with Gasteiger partial charge in [0.05, 0.1) is 23.8 Å². The maximum absolute atomic E-state index is 12.3. The van der Waals surface area contributed by atoms with Gasteiger partial charge in [0.15, 0.2) is 6.10 Å². The monoisotopic (exact) mass is 305 g/mol. The number of carbonyl (C=O) groups excluding carboxylic acids is 1. The summed E-state index contributed by atoms with van der Waals surface area (Å²) in [7, 11) is 1.49. The van der Waals surface area contributed by atoms with Gasteiger partial charge in [-0.1, -0.05) is 37.3 Å². The van der Waals surface area contributed by atoms with Crippen molar-refractivity contribution in [3.05, 3.63) is 35.9 Å². The van der Waals surface area contributed by atoms with E-state index in [-0.39, 0.29) is 11.9 Å². The highest BCUT2D eigenvalue weighted by Gasteiger charge is 2.73. The van der Waals surface area contributed by atoms with Crippen molar-refractivity contribution in [1.29, 1.82) is 0 Å². The fourth-order valence-electron chi connectivity index (χ4n) is 4.30. The minimum absolute atomic E-state index is 0.125. The topological polar surface area (TPSA) is 70.0 Å². The van der Waals surface area contributed by atoms with Crippen molar-refractivity contribution in [2.75, 3.05) is 7.11 Å². The van der Waals surface area contributed by atoms with Gasteiger partial charge in [0, 0.05) is 12.5 Å². The molecule has 0 bridgehead atoms. The van der Waals surface area contributed by atoms with Gasteiger partial charge in [-0.3, -0.25) is 4.79 Å². The van der Waals surface area contributed by atoms with Gasteiger partial charge in [-0.15, -0.1) is 0 Å². The Morgan fingerprint density at radius 2 is 1.82 bits per heavy atom. The zero-order valence-electron chi connectivity index (χ0n) is 13.4. The number of nitrogens with zero attached hydrogens (tertiary/aromatic N) is 1. The van der Waals surface area contributed by atoms with E-state index in [1.165, 1.54) is 7.11 Å². The molecule has 5 unspecified atom stereocenters. The summed E-state index contributed by atoms with van der Waals surface area (Å²) in [5.41, 5.74) is -0.892. The second-order valence-electron chi connectivity index (χ2n) is 7.04. The van der Waals surface area contributed by atoms with E-state index in [4.69, 9.17) is 4.74 Å². The molecule has 2 saturated heterocycles. The Balaban J connectivity index is 2.06. The first-order valence-corrected chi connectivity index (χ1v) is 7.55. The molecule has 120 valence electrons. The molecule has 5 heteroatoms. The molecule has 2 fully saturated rings. The van der Waals surface area contributed by atoms with Crippen molar-refractivity contribution in [3.63, 3.8) is 0 Å². The summed E-state index contributed by atoms with van der Waals surface area (Å²) in [6, 6.07) is 8.91. The Morgan fingerprint density at radius 1 is 1.23 bits per heavy atom. The molecule has 0 aromatic heterocycles. The van der Waals surface area contributed by atoms with Crippen molar-refractivity contribution >= 4 is 5.91 Å². The van der Waals surface area contributed by atoms with Gasteiger partial charge in [-0.25, -0.2) is 0 Å². The average molecular weight is 305 g/mol. The van der Waals surface area contributed by atoms with Crippen LogP contribution in [0.15, 0.2) is 30.3 Å². The van der Waals surface area contributed by atoms with Gasteiger partial charge >= 0.3 is 0 Å². The third-order valence-corrected chi connectivity index (χ3v) is 5.52. The van der Waals surface area contributed by atoms with Crippen LogP contribution >= 0.6 is 0 Å². The van der Waals surface area contributed by atoms with Gasteiger partial charge in [0.1, 0.15) is 0 Å². The van der Waals surface area contributed by atoms with E-state index >= 15 is 0 Å². The van der Waals surface area contributed by atoms with Crippen molar-refractivity contribution in [3.8, 4) is 0 Å². The number of benzene rings is 1. The first kappa shape index (κ1) is 15.5. The van der Waals surface area contributed by atoms with Gasteiger partial charge in [0.2, 0.25) is 0 Å². The largest absolute Gasteiger partial charge is 0.390 e. The molecule has 5 nitrogen and oxygen atoms in total. The van der Waals surface area contributed by atoms with Crippen LogP contribution in [0.3, 0.4) is 0 Å². The molecular weight excluding hydrogens is 282 g/mol. The molecule has 2 N–H and O–H groups in total. The highest BCUT2D eigenvalue weighted by molar-refractivity contribution is 5.90. The lowest BCUT2D eigenvalue weighted by atomic mass is 9.68. The lowest BCUT2D eigenvalue weighted by molar-refractivity contribution is -0.183. The normalized spacial score (nSPS) is 37.6. The Morgan fingerprint density at radius 3 is 2.36 bits per heavy atom. The number of methoxy groups -OCH3 is 1. The predicted octanol–water partition coefficient (Wildman–Crippen LogP) is 1.11. The van der Waals surface area contributed by atoms with E-state index < -0.39 is 29.3 Å². The third kappa shape index (κ3) is 1.67. The van der Waals surface area contributed by atoms with Crippen LogP contribution in [0.2, 0.25) is 0 Å². The first-order chi connectivity index (χ1) is 10.3. The molecule has 1 aromatic rings. The summed E-state index contributed by atoms with van der Waals surface area (Å²) in [5, 5.41) is 21.9. The first-order valence-electron chi connectivity index (χ1n) is 7.55. The smallest absolute Gasteiger partial charge is 0.254 e. The number of aliphatic hydroxyl groups is 2. The maximum Gasteiger partial charge on any atom is 0.254 e. The molecule has 0 aliphatic carbocycles. The SMILES string of the molecule is COC1C(=O)N2C1C(C)(C(O)c1ccccc1)C(O)C2(C)C. The molecule has 2 aliphatic rings. The highest BCUT2D eigenvalue weighted by Crippen LogP contribution is 2.58. The molecule has 0 spiro atoms. The zero-order chi connectivity index (χ0) is 16.3. The Hall–Kier alpha value is -1.43. The van der Waals surface area contributed by atoms with E-state index in [9.17, 15) is 15.0 Å². The summed E-state index contributed by atoms with van der Waals surface area (Å²) in [6.45, 7) is 5.50. The second-order valence-corrected chi connectivity index (χ2v) is 7.04. The maximum atomic E-state index is 12.3. The van der Waals surface area contributed by atoms with E-state index in [0.29, 0.717) is 0 Å². The molecular formula is C17H23NO4. The van der Waals surface area contributed by atoms with Gasteiger partial charge < -0.3 is 19.8 Å². The summed E-state index contributed by atoms with van der Waals surface area (Å²) < 4.78 is 5.32. The van der Waals surface area contributed by atoms with Crippen LogP contribution in [-0.4, -0.2) is 51.9 Å². The van der Waals surface area contributed by atoms with Crippen molar-refractivity contribution in [2.24, 2.45) is 5.41 Å². The number of hydrogen-bond donors (Lipinski definition) is 2. The van der Waals surface area contributed by atoms with Crippen molar-refractivity contribution < 1.29 is 19.7 Å². The van der Waals surface area contributed by atoms with Gasteiger partial charge in [-0.05, 0) is 19.4 Å². The Kier molecular flexibility index (Phi) is 3.36. The molecule has 1 amide bonds. The Labute approximate surface area is 130 Å². The number of aliphatic hydroxyl groups excluding tert-OH is 2. The minimum Gasteiger partial charge on any atom is -0.390 e. The van der Waals surface area contributed by atoms with E-state index in [1.807, 2.05) is 51.1 Å². The molecule has 3 rings (SSSR count). The number of ether oxygens (including phenoxy) is 1. The summed E-state index contributed by atoms with van der Waals surface area (Å²) in [4.78, 5) is 14.0. The molecule has 5 atom stereocenters. The molecule has 0 radical (unpaired) electrons. The van der Waals surface area contributed by atoms with E-state index in [2.05, 4.69) is 0 Å². The number of hydrogen-bond acceptors (Lipinski definition) is 4. The van der Waals surface area contributed by atoms with Crippen LogP contribution in [0.1, 0.15) is 32.4 Å². The molecule has 1 aromatic carbocycles. The summed E-state index contributed by atoms with van der Waals surface area (Å²) >= 11 is 0. The van der Waals surface area contributed by atoms with Gasteiger partial charge in [0.25, 0.3) is 5.91 Å². The van der Waals surface area contributed by atoms with Gasteiger partial charge in [-0.2, -0.15) is 0 Å². The number of fused-ring (bicyclic) bond motifs is 1. The number of β-lactam (4-membered cyclic amide) rings is 1. The molecule has 2 aliphatic heterocycles. The Bertz CT molecular complexity index is 588. The molecule has 0 saturated carbocycles. The van der Waals surface area contributed by atoms with Crippen LogP contribution in [-0.2, 0) is 9.53 Å². The van der Waals surface area contributed by atoms with Crippen LogP contribution in [0.5, 0.6) is 0 Å². The van der Waals surface area contributed by atoms with E-state index in [1.54, 1.807) is 4.90 Å².